The van der Waals surface area contributed by atoms with Gasteiger partial charge >= 0.3 is 0 Å². The molecule has 4 heteroatoms. The minimum absolute atomic E-state index is 0. The molecule has 0 atom stereocenters. The Labute approximate surface area is 258 Å². The third-order valence-electron chi connectivity index (χ3n) is 8.30. The first-order valence-corrected chi connectivity index (χ1v) is 14.8. The van der Waals surface area contributed by atoms with Crippen molar-refractivity contribution in [2.24, 2.45) is 0 Å². The summed E-state index contributed by atoms with van der Waals surface area (Å²) in [6.07, 6.45) is 2.44. The monoisotopic (exact) mass is 614 g/mol. The fraction of sp³-hybridized carbons (Fsp3) is 0.378. The summed E-state index contributed by atoms with van der Waals surface area (Å²) in [7, 11) is 0. The summed E-state index contributed by atoms with van der Waals surface area (Å²) in [5.41, 5.74) is 11.2. The summed E-state index contributed by atoms with van der Waals surface area (Å²) in [4.78, 5) is 2.57. The number of para-hydroxylation sites is 2. The second-order valence-electron chi connectivity index (χ2n) is 12.5. The Hall–Kier alpha value is -2.95. The fourth-order valence-corrected chi connectivity index (χ4v) is 6.34. The highest BCUT2D eigenvalue weighted by molar-refractivity contribution is 5.91. The zero-order chi connectivity index (χ0) is 27.8. The molecule has 4 aromatic carbocycles. The lowest BCUT2D eigenvalue weighted by molar-refractivity contribution is -0.455. The molecule has 218 valence electrons. The van der Waals surface area contributed by atoms with Gasteiger partial charge in [-0.1, -0.05) is 128 Å². The van der Waals surface area contributed by atoms with Crippen LogP contribution in [-0.2, 0) is 13.1 Å². The lowest BCUT2D eigenvalue weighted by Crippen LogP contribution is -3.00. The van der Waals surface area contributed by atoms with Crippen LogP contribution in [0.2, 0.25) is 0 Å². The topological polar surface area (TPSA) is 37.8 Å². The lowest BCUT2D eigenvalue weighted by Gasteiger charge is -2.28. The quantitative estimate of drug-likeness (QED) is 0.231. The zero-order valence-corrected chi connectivity index (χ0v) is 27.6. The molecule has 1 aliphatic rings. The highest BCUT2D eigenvalue weighted by Crippen LogP contribution is 2.40. The Balaban J connectivity index is 0.00000231. The van der Waals surface area contributed by atoms with Gasteiger partial charge in [0.1, 0.15) is 24.5 Å². The maximum absolute atomic E-state index is 2.57. The molecule has 1 aliphatic heterocycles. The van der Waals surface area contributed by atoms with Crippen molar-refractivity contribution in [3.63, 3.8) is 0 Å². The molecular formula is C37H47BrN2O. The van der Waals surface area contributed by atoms with Gasteiger partial charge in [-0.05, 0) is 34.4 Å². The molecule has 2 N–H and O–H groups in total. The number of anilines is 1. The maximum atomic E-state index is 2.57. The van der Waals surface area contributed by atoms with Crippen LogP contribution in [0.4, 0.5) is 11.4 Å². The molecule has 0 aromatic heterocycles. The van der Waals surface area contributed by atoms with E-state index < -0.39 is 0 Å². The van der Waals surface area contributed by atoms with Gasteiger partial charge in [0.2, 0.25) is 6.34 Å². The number of benzene rings is 4. The van der Waals surface area contributed by atoms with Crippen LogP contribution in [0.5, 0.6) is 0 Å². The SMILES string of the molecule is CC(C)c1cccc(C(C)C)c1N1C=[N+](c2c(C(C)C)cccc2C(C)C)Cc2cccc3cccc(c23)C1.O.[Br-]. The van der Waals surface area contributed by atoms with E-state index in [0.717, 1.165) is 13.1 Å². The summed E-state index contributed by atoms with van der Waals surface area (Å²) in [5.74, 6) is 1.73. The average Bonchev–Trinajstić information content (AvgIpc) is 2.90. The first-order valence-electron chi connectivity index (χ1n) is 14.8. The van der Waals surface area contributed by atoms with Crippen molar-refractivity contribution in [3.05, 3.63) is 106 Å². The largest absolute Gasteiger partial charge is 1.00 e. The molecule has 0 spiro atoms. The number of halogens is 1. The molecule has 0 saturated carbocycles. The lowest BCUT2D eigenvalue weighted by atomic mass is 9.90. The van der Waals surface area contributed by atoms with E-state index in [1.54, 1.807) is 0 Å². The molecule has 41 heavy (non-hydrogen) atoms. The van der Waals surface area contributed by atoms with E-state index >= 15 is 0 Å². The third kappa shape index (κ3) is 6.29. The molecule has 0 unspecified atom stereocenters. The van der Waals surface area contributed by atoms with Crippen molar-refractivity contribution < 1.29 is 27.0 Å². The van der Waals surface area contributed by atoms with E-state index in [1.807, 2.05) is 0 Å². The van der Waals surface area contributed by atoms with Crippen LogP contribution in [0.15, 0.2) is 72.8 Å². The van der Waals surface area contributed by atoms with E-state index in [9.17, 15) is 0 Å². The van der Waals surface area contributed by atoms with Gasteiger partial charge in [-0.15, -0.1) is 0 Å². The molecule has 0 amide bonds. The smallest absolute Gasteiger partial charge is 0.245 e. The van der Waals surface area contributed by atoms with Gasteiger partial charge in [0.15, 0.2) is 0 Å². The number of hydrogen-bond donors (Lipinski definition) is 0. The normalized spacial score (nSPS) is 13.3. The van der Waals surface area contributed by atoms with Crippen molar-refractivity contribution in [1.82, 2.24) is 0 Å². The zero-order valence-electron chi connectivity index (χ0n) is 26.0. The Morgan fingerprint density at radius 2 is 1.02 bits per heavy atom. The molecule has 4 aromatic rings. The van der Waals surface area contributed by atoms with Crippen molar-refractivity contribution in [3.8, 4) is 0 Å². The van der Waals surface area contributed by atoms with Crippen LogP contribution in [0.25, 0.3) is 10.8 Å². The van der Waals surface area contributed by atoms with Gasteiger partial charge in [-0.2, -0.15) is 0 Å². The molecular weight excluding hydrogens is 568 g/mol. The Kier molecular flexibility index (Phi) is 10.6. The first kappa shape index (κ1) is 32.6. The van der Waals surface area contributed by atoms with Crippen LogP contribution in [0.1, 0.15) is 112 Å². The molecule has 0 aliphatic carbocycles. The van der Waals surface area contributed by atoms with Gasteiger partial charge in [0.25, 0.3) is 0 Å². The number of rotatable bonds is 6. The van der Waals surface area contributed by atoms with E-state index in [0.29, 0.717) is 23.7 Å². The van der Waals surface area contributed by atoms with Crippen LogP contribution in [-0.4, -0.2) is 16.4 Å². The Morgan fingerprint density at radius 3 is 1.51 bits per heavy atom. The minimum Gasteiger partial charge on any atom is -1.00 e. The van der Waals surface area contributed by atoms with Gasteiger partial charge in [0.05, 0.1) is 0 Å². The van der Waals surface area contributed by atoms with Gasteiger partial charge in [0, 0.05) is 33.4 Å². The number of hydrogen-bond acceptors (Lipinski definition) is 1. The predicted octanol–water partition coefficient (Wildman–Crippen LogP) is 6.41. The Bertz CT molecular complexity index is 1480. The van der Waals surface area contributed by atoms with Crippen molar-refractivity contribution in [1.29, 1.82) is 0 Å². The molecule has 0 fully saturated rings. The maximum Gasteiger partial charge on any atom is 0.245 e. The standard InChI is InChI=1S/C37H45N2.BrH.H2O/c1-24(2)31-17-11-18-32(25(3)4)36(31)38-21-29-15-9-13-28-14-10-16-30(35(28)29)22-39(23-38)37-33(26(5)6)19-12-20-34(37)27(7)8;;/h9-20,23-27H,21-22H2,1-8H3;1H;1H2/q+1;;/p-1. The van der Waals surface area contributed by atoms with E-state index in [-0.39, 0.29) is 22.5 Å². The molecule has 5 rings (SSSR count). The third-order valence-corrected chi connectivity index (χ3v) is 8.30. The van der Waals surface area contributed by atoms with Crippen LogP contribution >= 0.6 is 0 Å². The van der Waals surface area contributed by atoms with Crippen LogP contribution in [0, 0.1) is 0 Å². The second kappa shape index (κ2) is 13.4. The summed E-state index contributed by atoms with van der Waals surface area (Å²) < 4.78 is 2.57. The van der Waals surface area contributed by atoms with E-state index in [4.69, 9.17) is 0 Å². The summed E-state index contributed by atoms with van der Waals surface area (Å²) in [5, 5.41) is 2.73. The van der Waals surface area contributed by atoms with E-state index in [2.05, 4.69) is 144 Å². The summed E-state index contributed by atoms with van der Waals surface area (Å²) in [6, 6.07) is 27.5. The number of nitrogens with zero attached hydrogens (tertiary/aromatic N) is 2. The minimum atomic E-state index is 0. The van der Waals surface area contributed by atoms with Gasteiger partial charge < -0.3 is 22.5 Å². The van der Waals surface area contributed by atoms with Crippen molar-refractivity contribution in [2.75, 3.05) is 4.90 Å². The van der Waals surface area contributed by atoms with Crippen molar-refractivity contribution in [2.45, 2.75) is 92.2 Å². The molecule has 3 nitrogen and oxygen atoms in total. The van der Waals surface area contributed by atoms with Crippen molar-refractivity contribution >= 4 is 28.5 Å². The highest BCUT2D eigenvalue weighted by Gasteiger charge is 2.29. The first-order chi connectivity index (χ1) is 18.7. The van der Waals surface area contributed by atoms with E-state index in [1.165, 1.54) is 55.5 Å². The molecule has 1 heterocycles. The van der Waals surface area contributed by atoms with Crippen LogP contribution < -0.4 is 21.9 Å². The predicted molar refractivity (Wildman–Crippen MR) is 173 cm³/mol. The molecule has 0 radical (unpaired) electrons. The van der Waals surface area contributed by atoms with Gasteiger partial charge in [-0.3, -0.25) is 0 Å². The second-order valence-corrected chi connectivity index (χ2v) is 12.5. The van der Waals surface area contributed by atoms with Crippen LogP contribution in [0.3, 0.4) is 0 Å². The molecule has 0 saturated heterocycles. The summed E-state index contributed by atoms with van der Waals surface area (Å²) in [6.45, 7) is 20.3. The Morgan fingerprint density at radius 1 is 0.585 bits per heavy atom. The fourth-order valence-electron chi connectivity index (χ4n) is 6.34. The average molecular weight is 616 g/mol. The highest BCUT2D eigenvalue weighted by atomic mass is 79.9. The van der Waals surface area contributed by atoms with Gasteiger partial charge in [-0.25, -0.2) is 9.48 Å². The molecule has 0 bridgehead atoms. The summed E-state index contributed by atoms with van der Waals surface area (Å²) >= 11 is 0.